The van der Waals surface area contributed by atoms with Crippen molar-refractivity contribution in [2.24, 2.45) is 5.92 Å². The van der Waals surface area contributed by atoms with Crippen LogP contribution >= 0.6 is 0 Å². The molecule has 0 unspecified atom stereocenters. The molecule has 1 amide bonds. The Bertz CT molecular complexity index is 511. The van der Waals surface area contributed by atoms with Crippen molar-refractivity contribution in [2.45, 2.75) is 25.7 Å². The average molecular weight is 289 g/mol. The smallest absolute Gasteiger partial charge is 0.223 e. The summed E-state index contributed by atoms with van der Waals surface area (Å²) >= 11 is 0. The second-order valence-corrected chi connectivity index (χ2v) is 5.21. The predicted octanol–water partition coefficient (Wildman–Crippen LogP) is 2.72. The molecule has 0 aliphatic heterocycles. The van der Waals surface area contributed by atoms with Crippen LogP contribution < -0.4 is 14.8 Å². The highest BCUT2D eigenvalue weighted by Crippen LogP contribution is 2.27. The summed E-state index contributed by atoms with van der Waals surface area (Å²) in [5.41, 5.74) is 1.12. The lowest BCUT2D eigenvalue weighted by molar-refractivity contribution is -0.125. The standard InChI is InChI=1S/C17H23NO3/c1-20-15-9-8-13(12-16(15)21-2)10-11-18-17(19)14-6-4-3-5-7-14/h3-4,8-9,12,14H,5-7,10-11H2,1-2H3,(H,18,19)/t14-/m1/s1. The van der Waals surface area contributed by atoms with Gasteiger partial charge in [-0.05, 0) is 43.4 Å². The molecule has 114 valence electrons. The number of methoxy groups -OCH3 is 2. The number of allylic oxidation sites excluding steroid dienone is 2. The molecule has 4 nitrogen and oxygen atoms in total. The van der Waals surface area contributed by atoms with E-state index >= 15 is 0 Å². The molecule has 1 aliphatic carbocycles. The minimum Gasteiger partial charge on any atom is -0.493 e. The van der Waals surface area contributed by atoms with Crippen molar-refractivity contribution in [3.8, 4) is 11.5 Å². The molecule has 0 spiro atoms. The van der Waals surface area contributed by atoms with Crippen LogP contribution in [0.1, 0.15) is 24.8 Å². The highest BCUT2D eigenvalue weighted by Gasteiger charge is 2.17. The van der Waals surface area contributed by atoms with Crippen LogP contribution in [-0.2, 0) is 11.2 Å². The lowest BCUT2D eigenvalue weighted by Gasteiger charge is -2.17. The first kappa shape index (κ1) is 15.4. The number of rotatable bonds is 6. The van der Waals surface area contributed by atoms with E-state index in [0.717, 1.165) is 42.7 Å². The molecule has 1 atom stereocenters. The first-order chi connectivity index (χ1) is 10.2. The van der Waals surface area contributed by atoms with Gasteiger partial charge in [0.2, 0.25) is 5.91 Å². The third kappa shape index (κ3) is 4.25. The molecular weight excluding hydrogens is 266 g/mol. The molecule has 0 aromatic heterocycles. The van der Waals surface area contributed by atoms with Gasteiger partial charge in [-0.3, -0.25) is 4.79 Å². The largest absolute Gasteiger partial charge is 0.493 e. The maximum absolute atomic E-state index is 12.0. The third-order valence-corrected chi connectivity index (χ3v) is 3.80. The Hall–Kier alpha value is -1.97. The molecule has 1 aromatic carbocycles. The van der Waals surface area contributed by atoms with Crippen molar-refractivity contribution in [3.63, 3.8) is 0 Å². The second kappa shape index (κ2) is 7.72. The molecule has 0 radical (unpaired) electrons. The van der Waals surface area contributed by atoms with E-state index in [4.69, 9.17) is 9.47 Å². The number of benzene rings is 1. The highest BCUT2D eigenvalue weighted by atomic mass is 16.5. The number of carbonyl (C=O) groups excluding carboxylic acids is 1. The monoisotopic (exact) mass is 289 g/mol. The van der Waals surface area contributed by atoms with Gasteiger partial charge in [-0.25, -0.2) is 0 Å². The summed E-state index contributed by atoms with van der Waals surface area (Å²) in [5, 5.41) is 3.02. The molecule has 4 heteroatoms. The maximum atomic E-state index is 12.0. The van der Waals surface area contributed by atoms with Crippen molar-refractivity contribution >= 4 is 5.91 Å². The van der Waals surface area contributed by atoms with Crippen molar-refractivity contribution in [3.05, 3.63) is 35.9 Å². The quantitative estimate of drug-likeness (QED) is 0.819. The number of ether oxygens (including phenoxy) is 2. The topological polar surface area (TPSA) is 47.6 Å². The summed E-state index contributed by atoms with van der Waals surface area (Å²) in [4.78, 5) is 12.0. The van der Waals surface area contributed by atoms with Crippen molar-refractivity contribution in [1.29, 1.82) is 0 Å². The van der Waals surface area contributed by atoms with Crippen LogP contribution in [0.3, 0.4) is 0 Å². The summed E-state index contributed by atoms with van der Waals surface area (Å²) in [6.07, 6.45) is 7.86. The molecule has 21 heavy (non-hydrogen) atoms. The zero-order valence-electron chi connectivity index (χ0n) is 12.7. The van der Waals surface area contributed by atoms with Gasteiger partial charge in [0.1, 0.15) is 0 Å². The Kier molecular flexibility index (Phi) is 5.67. The van der Waals surface area contributed by atoms with E-state index < -0.39 is 0 Å². The predicted molar refractivity (Wildman–Crippen MR) is 82.7 cm³/mol. The summed E-state index contributed by atoms with van der Waals surface area (Å²) in [5.74, 6) is 1.75. The summed E-state index contributed by atoms with van der Waals surface area (Å²) in [7, 11) is 3.25. The van der Waals surface area contributed by atoms with Crippen molar-refractivity contribution < 1.29 is 14.3 Å². The Morgan fingerprint density at radius 1 is 1.24 bits per heavy atom. The fraction of sp³-hybridized carbons (Fsp3) is 0.471. The van der Waals surface area contributed by atoms with Crippen LogP contribution in [0, 0.1) is 5.92 Å². The first-order valence-corrected chi connectivity index (χ1v) is 7.38. The molecule has 0 saturated heterocycles. The maximum Gasteiger partial charge on any atom is 0.223 e. The van der Waals surface area contributed by atoms with Gasteiger partial charge in [-0.15, -0.1) is 0 Å². The molecule has 2 rings (SSSR count). The average Bonchev–Trinajstić information content (AvgIpc) is 2.55. The van der Waals surface area contributed by atoms with Crippen molar-refractivity contribution in [2.75, 3.05) is 20.8 Å². The molecule has 0 fully saturated rings. The summed E-state index contributed by atoms with van der Waals surface area (Å²) < 4.78 is 10.5. The van der Waals surface area contributed by atoms with E-state index in [2.05, 4.69) is 17.5 Å². The minimum absolute atomic E-state index is 0.139. The van der Waals surface area contributed by atoms with E-state index in [0.29, 0.717) is 6.54 Å². The van der Waals surface area contributed by atoms with Crippen LogP contribution in [0.15, 0.2) is 30.4 Å². The minimum atomic E-state index is 0.139. The Labute approximate surface area is 126 Å². The fourth-order valence-electron chi connectivity index (χ4n) is 2.54. The summed E-state index contributed by atoms with van der Waals surface area (Å²) in [6.45, 7) is 0.647. The SMILES string of the molecule is COc1ccc(CCNC(=O)[C@@H]2CC=CCC2)cc1OC. The van der Waals surface area contributed by atoms with Crippen LogP contribution in [0.2, 0.25) is 0 Å². The van der Waals surface area contributed by atoms with Crippen LogP contribution in [0.5, 0.6) is 11.5 Å². The lowest BCUT2D eigenvalue weighted by atomic mass is 9.93. The molecule has 1 aromatic rings. The van der Waals surface area contributed by atoms with Gasteiger partial charge in [0.25, 0.3) is 0 Å². The van der Waals surface area contributed by atoms with E-state index in [1.165, 1.54) is 0 Å². The van der Waals surface area contributed by atoms with Gasteiger partial charge >= 0.3 is 0 Å². The van der Waals surface area contributed by atoms with E-state index in [-0.39, 0.29) is 11.8 Å². The first-order valence-electron chi connectivity index (χ1n) is 7.38. The van der Waals surface area contributed by atoms with Gasteiger partial charge in [0.15, 0.2) is 11.5 Å². The molecule has 0 bridgehead atoms. The zero-order valence-corrected chi connectivity index (χ0v) is 12.7. The molecule has 1 N–H and O–H groups in total. The van der Waals surface area contributed by atoms with E-state index in [9.17, 15) is 4.79 Å². The molecule has 1 aliphatic rings. The number of nitrogens with one attached hydrogen (secondary N) is 1. The van der Waals surface area contributed by atoms with Gasteiger partial charge < -0.3 is 14.8 Å². The number of hydrogen-bond acceptors (Lipinski definition) is 3. The highest BCUT2D eigenvalue weighted by molar-refractivity contribution is 5.78. The zero-order chi connectivity index (χ0) is 15.1. The number of amides is 1. The molecular formula is C17H23NO3. The fourth-order valence-corrected chi connectivity index (χ4v) is 2.54. The van der Waals surface area contributed by atoms with Crippen molar-refractivity contribution in [1.82, 2.24) is 5.32 Å². The van der Waals surface area contributed by atoms with Crippen LogP contribution in [-0.4, -0.2) is 26.7 Å². The van der Waals surface area contributed by atoms with Crippen LogP contribution in [0.25, 0.3) is 0 Å². The Balaban J connectivity index is 1.83. The van der Waals surface area contributed by atoms with Gasteiger partial charge in [0, 0.05) is 12.5 Å². The molecule has 0 heterocycles. The Morgan fingerprint density at radius 2 is 2.05 bits per heavy atom. The van der Waals surface area contributed by atoms with Gasteiger partial charge in [-0.1, -0.05) is 18.2 Å². The van der Waals surface area contributed by atoms with Crippen LogP contribution in [0.4, 0.5) is 0 Å². The summed E-state index contributed by atoms with van der Waals surface area (Å²) in [6, 6.07) is 5.84. The van der Waals surface area contributed by atoms with E-state index in [1.807, 2.05) is 18.2 Å². The normalized spacial score (nSPS) is 17.3. The molecule has 0 saturated carbocycles. The van der Waals surface area contributed by atoms with Gasteiger partial charge in [-0.2, -0.15) is 0 Å². The third-order valence-electron chi connectivity index (χ3n) is 3.80. The van der Waals surface area contributed by atoms with Gasteiger partial charge in [0.05, 0.1) is 14.2 Å². The lowest BCUT2D eigenvalue weighted by Crippen LogP contribution is -2.32. The second-order valence-electron chi connectivity index (χ2n) is 5.21. The number of carbonyl (C=O) groups is 1. The number of hydrogen-bond donors (Lipinski definition) is 1. The van der Waals surface area contributed by atoms with E-state index in [1.54, 1.807) is 14.2 Å². The Morgan fingerprint density at radius 3 is 2.71 bits per heavy atom.